The SMILES string of the molecule is COC(=O)c1cc(Nc2ccc3nc(Nc4cc(CO)ccn4)sc3n2)ccc1Cl. The molecule has 8 nitrogen and oxygen atoms in total. The van der Waals surface area contributed by atoms with E-state index in [0.29, 0.717) is 27.5 Å². The highest BCUT2D eigenvalue weighted by Crippen LogP contribution is 2.29. The average Bonchev–Trinajstić information content (AvgIpc) is 3.16. The molecular weight excluding hydrogens is 426 g/mol. The zero-order chi connectivity index (χ0) is 21.1. The number of hydrogen-bond donors (Lipinski definition) is 3. The highest BCUT2D eigenvalue weighted by atomic mass is 35.5. The minimum Gasteiger partial charge on any atom is -0.465 e. The van der Waals surface area contributed by atoms with Gasteiger partial charge in [0.1, 0.15) is 22.0 Å². The molecule has 0 fully saturated rings. The summed E-state index contributed by atoms with van der Waals surface area (Å²) in [5, 5.41) is 16.5. The molecule has 152 valence electrons. The molecule has 0 aliphatic rings. The Hall–Kier alpha value is -3.27. The van der Waals surface area contributed by atoms with Crippen LogP contribution in [0.15, 0.2) is 48.7 Å². The lowest BCUT2D eigenvalue weighted by molar-refractivity contribution is 0.0601. The molecule has 0 radical (unpaired) electrons. The normalized spacial score (nSPS) is 10.8. The van der Waals surface area contributed by atoms with Crippen molar-refractivity contribution in [1.82, 2.24) is 15.0 Å². The Bertz CT molecular complexity index is 1230. The van der Waals surface area contributed by atoms with Crippen LogP contribution < -0.4 is 10.6 Å². The zero-order valence-corrected chi connectivity index (χ0v) is 17.3. The largest absolute Gasteiger partial charge is 0.465 e. The fourth-order valence-electron chi connectivity index (χ4n) is 2.71. The standard InChI is InChI=1S/C20H16ClN5O3S/c1-29-19(28)13-9-12(2-3-14(13)21)23-16-5-4-15-18(25-16)30-20(24-15)26-17-8-11(10-27)6-7-22-17/h2-9,27H,10H2,1H3,(H,23,25)(H,22,24,26). The Labute approximate surface area is 180 Å². The summed E-state index contributed by atoms with van der Waals surface area (Å²) in [6.07, 6.45) is 1.62. The van der Waals surface area contributed by atoms with Crippen molar-refractivity contribution >= 4 is 61.7 Å². The van der Waals surface area contributed by atoms with Crippen molar-refractivity contribution < 1.29 is 14.6 Å². The first-order chi connectivity index (χ1) is 14.6. The molecule has 0 unspecified atom stereocenters. The van der Waals surface area contributed by atoms with Crippen LogP contribution in [0.1, 0.15) is 15.9 Å². The number of methoxy groups -OCH3 is 1. The number of hydrogen-bond acceptors (Lipinski definition) is 9. The van der Waals surface area contributed by atoms with Gasteiger partial charge in [-0.1, -0.05) is 22.9 Å². The highest BCUT2D eigenvalue weighted by molar-refractivity contribution is 7.21. The van der Waals surface area contributed by atoms with Crippen molar-refractivity contribution in [3.05, 3.63) is 64.8 Å². The number of anilines is 4. The molecule has 0 bridgehead atoms. The molecule has 0 amide bonds. The fraction of sp³-hybridized carbons (Fsp3) is 0.100. The van der Waals surface area contributed by atoms with Crippen LogP contribution in [0.5, 0.6) is 0 Å². The van der Waals surface area contributed by atoms with Crippen molar-refractivity contribution in [2.24, 2.45) is 0 Å². The van der Waals surface area contributed by atoms with Crippen molar-refractivity contribution in [2.45, 2.75) is 6.61 Å². The van der Waals surface area contributed by atoms with E-state index < -0.39 is 5.97 Å². The maximum Gasteiger partial charge on any atom is 0.339 e. The molecule has 4 aromatic rings. The maximum atomic E-state index is 11.8. The maximum absolute atomic E-state index is 11.8. The number of nitrogens with one attached hydrogen (secondary N) is 2. The molecule has 3 aromatic heterocycles. The molecule has 0 saturated carbocycles. The van der Waals surface area contributed by atoms with E-state index in [-0.39, 0.29) is 12.2 Å². The summed E-state index contributed by atoms with van der Waals surface area (Å²) in [6.45, 7) is -0.0595. The van der Waals surface area contributed by atoms with Gasteiger partial charge >= 0.3 is 5.97 Å². The van der Waals surface area contributed by atoms with Crippen molar-refractivity contribution in [2.75, 3.05) is 17.7 Å². The third-order valence-corrected chi connectivity index (χ3v) is 5.35. The molecule has 0 aliphatic heterocycles. The lowest BCUT2D eigenvalue weighted by atomic mass is 10.2. The molecule has 3 N–H and O–H groups in total. The molecule has 0 saturated heterocycles. The van der Waals surface area contributed by atoms with Gasteiger partial charge in [-0.2, -0.15) is 0 Å². The van der Waals surface area contributed by atoms with Crippen LogP contribution in [0, 0.1) is 0 Å². The average molecular weight is 442 g/mol. The molecule has 3 heterocycles. The van der Waals surface area contributed by atoms with Gasteiger partial charge in [-0.3, -0.25) is 0 Å². The van der Waals surface area contributed by atoms with Crippen LogP contribution >= 0.6 is 22.9 Å². The monoisotopic (exact) mass is 441 g/mol. The van der Waals surface area contributed by atoms with Gasteiger partial charge in [0.15, 0.2) is 5.13 Å². The summed E-state index contributed by atoms with van der Waals surface area (Å²) in [5.74, 6) is 0.677. The number of esters is 1. The molecule has 30 heavy (non-hydrogen) atoms. The topological polar surface area (TPSA) is 109 Å². The predicted molar refractivity (Wildman–Crippen MR) is 117 cm³/mol. The first kappa shape index (κ1) is 20.0. The summed E-state index contributed by atoms with van der Waals surface area (Å²) in [5.41, 5.74) is 2.41. The van der Waals surface area contributed by atoms with E-state index in [1.807, 2.05) is 6.07 Å². The quantitative estimate of drug-likeness (QED) is 0.375. The molecular formula is C20H16ClN5O3S. The lowest BCUT2D eigenvalue weighted by Gasteiger charge is -2.08. The first-order valence-corrected chi connectivity index (χ1v) is 10.0. The summed E-state index contributed by atoms with van der Waals surface area (Å²) in [4.78, 5) is 25.9. The number of aliphatic hydroxyl groups excluding tert-OH is 1. The van der Waals surface area contributed by atoms with E-state index in [2.05, 4.69) is 25.6 Å². The Balaban J connectivity index is 1.56. The van der Waals surface area contributed by atoms with E-state index in [4.69, 9.17) is 16.3 Å². The number of pyridine rings is 2. The van der Waals surface area contributed by atoms with E-state index in [1.165, 1.54) is 18.4 Å². The molecule has 1 aromatic carbocycles. The van der Waals surface area contributed by atoms with Gasteiger partial charge in [-0.05, 0) is 48.0 Å². The van der Waals surface area contributed by atoms with Gasteiger partial charge in [0.05, 0.1) is 24.3 Å². The van der Waals surface area contributed by atoms with Gasteiger partial charge in [0.2, 0.25) is 0 Å². The third kappa shape index (κ3) is 4.33. The molecule has 10 heteroatoms. The molecule has 0 atom stereocenters. The summed E-state index contributed by atoms with van der Waals surface area (Å²) >= 11 is 7.44. The van der Waals surface area contributed by atoms with Gasteiger partial charge in [0, 0.05) is 11.9 Å². The number of aliphatic hydroxyl groups is 1. The Morgan fingerprint density at radius 2 is 2.00 bits per heavy atom. The first-order valence-electron chi connectivity index (χ1n) is 8.81. The second-order valence-electron chi connectivity index (χ2n) is 6.18. The van der Waals surface area contributed by atoms with Crippen LogP contribution in [-0.4, -0.2) is 33.1 Å². The minimum absolute atomic E-state index is 0.0595. The second kappa shape index (κ2) is 8.62. The number of ether oxygens (including phenoxy) is 1. The van der Waals surface area contributed by atoms with Gasteiger partial charge in [-0.15, -0.1) is 0 Å². The smallest absolute Gasteiger partial charge is 0.339 e. The third-order valence-electron chi connectivity index (χ3n) is 4.14. The second-order valence-corrected chi connectivity index (χ2v) is 7.57. The van der Waals surface area contributed by atoms with Crippen LogP contribution in [0.3, 0.4) is 0 Å². The number of carbonyl (C=O) groups is 1. The number of benzene rings is 1. The van der Waals surface area contributed by atoms with E-state index in [1.54, 1.807) is 42.6 Å². The van der Waals surface area contributed by atoms with Gasteiger partial charge in [0.25, 0.3) is 0 Å². The Morgan fingerprint density at radius 1 is 1.13 bits per heavy atom. The Kier molecular flexibility index (Phi) is 5.75. The number of fused-ring (bicyclic) bond motifs is 1. The van der Waals surface area contributed by atoms with Crippen LogP contribution in [0.4, 0.5) is 22.5 Å². The predicted octanol–water partition coefficient (Wildman–Crippen LogP) is 4.51. The molecule has 4 rings (SSSR count). The summed E-state index contributed by atoms with van der Waals surface area (Å²) in [7, 11) is 1.30. The fourth-order valence-corrected chi connectivity index (χ4v) is 3.75. The Morgan fingerprint density at radius 3 is 2.80 bits per heavy atom. The molecule has 0 spiro atoms. The van der Waals surface area contributed by atoms with Crippen LogP contribution in [0.2, 0.25) is 5.02 Å². The summed E-state index contributed by atoms with van der Waals surface area (Å²) in [6, 6.07) is 12.1. The van der Waals surface area contributed by atoms with E-state index in [0.717, 1.165) is 15.9 Å². The van der Waals surface area contributed by atoms with Gasteiger partial charge in [-0.25, -0.2) is 19.7 Å². The van der Waals surface area contributed by atoms with Gasteiger partial charge < -0.3 is 20.5 Å². The number of aromatic nitrogens is 3. The molecule has 0 aliphatic carbocycles. The number of nitrogens with zero attached hydrogens (tertiary/aromatic N) is 3. The van der Waals surface area contributed by atoms with Crippen molar-refractivity contribution in [3.63, 3.8) is 0 Å². The zero-order valence-electron chi connectivity index (χ0n) is 15.7. The number of thiazole rings is 1. The van der Waals surface area contributed by atoms with E-state index >= 15 is 0 Å². The minimum atomic E-state index is -0.510. The number of halogens is 1. The number of carbonyl (C=O) groups excluding carboxylic acids is 1. The van der Waals surface area contributed by atoms with Crippen LogP contribution in [0.25, 0.3) is 10.3 Å². The number of rotatable bonds is 6. The van der Waals surface area contributed by atoms with Crippen LogP contribution in [-0.2, 0) is 11.3 Å². The van der Waals surface area contributed by atoms with Crippen molar-refractivity contribution in [3.8, 4) is 0 Å². The lowest BCUT2D eigenvalue weighted by Crippen LogP contribution is -2.03. The highest BCUT2D eigenvalue weighted by Gasteiger charge is 2.12. The summed E-state index contributed by atoms with van der Waals surface area (Å²) < 4.78 is 4.75. The van der Waals surface area contributed by atoms with Crippen molar-refractivity contribution in [1.29, 1.82) is 0 Å². The van der Waals surface area contributed by atoms with E-state index in [9.17, 15) is 9.90 Å².